The van der Waals surface area contributed by atoms with Gasteiger partial charge in [-0.15, -0.1) is 0 Å². The summed E-state index contributed by atoms with van der Waals surface area (Å²) in [5.41, 5.74) is 1.01. The topological polar surface area (TPSA) is 29.1 Å². The van der Waals surface area contributed by atoms with E-state index in [1.165, 1.54) is 12.1 Å². The molecule has 1 amide bonds. The van der Waals surface area contributed by atoms with Crippen LogP contribution in [0, 0.1) is 6.92 Å². The molecule has 5 heteroatoms. The normalized spacial score (nSPS) is 12.8. The smallest absolute Gasteiger partial charge is 0.322 e. The van der Waals surface area contributed by atoms with Crippen molar-refractivity contribution in [2.75, 3.05) is 5.32 Å². The number of rotatable bonds is 4. The summed E-state index contributed by atoms with van der Waals surface area (Å²) in [6.07, 6.45) is -3.85. The summed E-state index contributed by atoms with van der Waals surface area (Å²) in [7, 11) is 0. The fourth-order valence-electron chi connectivity index (χ4n) is 2.52. The zero-order valence-electron chi connectivity index (χ0n) is 13.9. The fraction of sp³-hybridized carbons (Fsp3) is 0.316. The first-order valence-corrected chi connectivity index (χ1v) is 7.81. The zero-order valence-corrected chi connectivity index (χ0v) is 13.9. The molecule has 0 fully saturated rings. The van der Waals surface area contributed by atoms with E-state index in [0.29, 0.717) is 12.0 Å². The van der Waals surface area contributed by atoms with Crippen LogP contribution in [0.25, 0.3) is 0 Å². The molecule has 1 unspecified atom stereocenters. The molecule has 0 saturated carbocycles. The lowest BCUT2D eigenvalue weighted by molar-refractivity contribution is -0.138. The van der Waals surface area contributed by atoms with E-state index in [1.807, 2.05) is 19.9 Å². The van der Waals surface area contributed by atoms with Crippen LogP contribution in [-0.4, -0.2) is 5.91 Å². The van der Waals surface area contributed by atoms with Gasteiger partial charge in [-0.2, -0.15) is 13.2 Å². The lowest BCUT2D eigenvalue weighted by Gasteiger charge is -2.18. The Kier molecular flexibility index (Phi) is 5.32. The number of nitrogens with one attached hydrogen (secondary N) is 1. The van der Waals surface area contributed by atoms with Crippen molar-refractivity contribution in [2.24, 2.45) is 0 Å². The number of aryl methyl sites for hydroxylation is 1. The van der Waals surface area contributed by atoms with Gasteiger partial charge < -0.3 is 5.32 Å². The Morgan fingerprint density at radius 3 is 2.46 bits per heavy atom. The number of carbonyl (C=O) groups is 1. The maximum Gasteiger partial charge on any atom is 0.416 e. The minimum atomic E-state index is -4.46. The summed E-state index contributed by atoms with van der Waals surface area (Å²) in [6, 6.07) is 10.9. The van der Waals surface area contributed by atoms with Crippen LogP contribution >= 0.6 is 0 Å². The minimum absolute atomic E-state index is 0.140. The Labute approximate surface area is 139 Å². The average Bonchev–Trinajstić information content (AvgIpc) is 2.53. The SMILES string of the molecule is CCC(C)c1ccc(NC(=O)c2cccc(C)c2)cc1C(F)(F)F. The maximum atomic E-state index is 13.3. The first-order chi connectivity index (χ1) is 11.2. The summed E-state index contributed by atoms with van der Waals surface area (Å²) < 4.78 is 40.0. The Bertz CT molecular complexity index is 738. The molecular weight excluding hydrogens is 315 g/mol. The van der Waals surface area contributed by atoms with Crippen LogP contribution in [0.5, 0.6) is 0 Å². The Morgan fingerprint density at radius 1 is 1.17 bits per heavy atom. The van der Waals surface area contributed by atoms with Crippen LogP contribution in [0.2, 0.25) is 0 Å². The van der Waals surface area contributed by atoms with Crippen LogP contribution in [0.4, 0.5) is 18.9 Å². The number of anilines is 1. The van der Waals surface area contributed by atoms with Crippen LogP contribution in [0.1, 0.15) is 53.2 Å². The van der Waals surface area contributed by atoms with Crippen molar-refractivity contribution in [1.82, 2.24) is 0 Å². The van der Waals surface area contributed by atoms with E-state index in [1.54, 1.807) is 25.1 Å². The van der Waals surface area contributed by atoms with E-state index >= 15 is 0 Å². The molecular formula is C19H20F3NO. The number of halogens is 3. The number of alkyl halides is 3. The van der Waals surface area contributed by atoms with Crippen molar-refractivity contribution >= 4 is 11.6 Å². The molecule has 0 saturated heterocycles. The Morgan fingerprint density at radius 2 is 1.88 bits per heavy atom. The maximum absolute atomic E-state index is 13.3. The molecule has 2 aromatic carbocycles. The molecule has 1 atom stereocenters. The standard InChI is InChI=1S/C19H20F3NO/c1-4-13(3)16-9-8-15(11-17(16)19(20,21)22)23-18(24)14-7-5-6-12(2)10-14/h5-11,13H,4H2,1-3H3,(H,23,24). The Hall–Kier alpha value is -2.30. The fourth-order valence-corrected chi connectivity index (χ4v) is 2.52. The van der Waals surface area contributed by atoms with Gasteiger partial charge in [0, 0.05) is 11.3 Å². The largest absolute Gasteiger partial charge is 0.416 e. The predicted molar refractivity (Wildman–Crippen MR) is 89.3 cm³/mol. The summed E-state index contributed by atoms with van der Waals surface area (Å²) >= 11 is 0. The highest BCUT2D eigenvalue weighted by Gasteiger charge is 2.34. The van der Waals surface area contributed by atoms with Crippen molar-refractivity contribution < 1.29 is 18.0 Å². The van der Waals surface area contributed by atoms with E-state index in [9.17, 15) is 18.0 Å². The van der Waals surface area contributed by atoms with Gasteiger partial charge in [0.2, 0.25) is 0 Å². The number of carbonyl (C=O) groups excluding carboxylic acids is 1. The third kappa shape index (κ3) is 4.16. The lowest BCUT2D eigenvalue weighted by Crippen LogP contribution is -2.15. The molecule has 0 aliphatic carbocycles. The first-order valence-electron chi connectivity index (χ1n) is 7.81. The molecule has 0 radical (unpaired) electrons. The van der Waals surface area contributed by atoms with Gasteiger partial charge in [-0.25, -0.2) is 0 Å². The van der Waals surface area contributed by atoms with Crippen molar-refractivity contribution in [2.45, 2.75) is 39.3 Å². The highest BCUT2D eigenvalue weighted by molar-refractivity contribution is 6.04. The summed E-state index contributed by atoms with van der Waals surface area (Å²) in [4.78, 5) is 12.2. The van der Waals surface area contributed by atoms with E-state index in [2.05, 4.69) is 5.32 Å². The molecule has 0 heterocycles. The highest BCUT2D eigenvalue weighted by atomic mass is 19.4. The van der Waals surface area contributed by atoms with Gasteiger partial charge in [0.05, 0.1) is 5.56 Å². The molecule has 128 valence electrons. The average molecular weight is 335 g/mol. The summed E-state index contributed by atoms with van der Waals surface area (Å²) in [5, 5.41) is 2.54. The van der Waals surface area contributed by atoms with E-state index < -0.39 is 17.6 Å². The third-order valence-electron chi connectivity index (χ3n) is 4.04. The lowest BCUT2D eigenvalue weighted by atomic mass is 9.93. The second kappa shape index (κ2) is 7.07. The molecule has 0 spiro atoms. The van der Waals surface area contributed by atoms with Gasteiger partial charge in [-0.1, -0.05) is 37.6 Å². The number of hydrogen-bond acceptors (Lipinski definition) is 1. The minimum Gasteiger partial charge on any atom is -0.322 e. The first kappa shape index (κ1) is 18.0. The molecule has 0 aliphatic rings. The van der Waals surface area contributed by atoms with Gasteiger partial charge in [0.25, 0.3) is 5.91 Å². The molecule has 0 bridgehead atoms. The summed E-state index contributed by atoms with van der Waals surface area (Å²) in [6.45, 7) is 5.45. The molecule has 1 N–H and O–H groups in total. The summed E-state index contributed by atoms with van der Waals surface area (Å²) in [5.74, 6) is -0.633. The number of amides is 1. The van der Waals surface area contributed by atoms with Crippen LogP contribution < -0.4 is 5.32 Å². The van der Waals surface area contributed by atoms with Crippen molar-refractivity contribution in [1.29, 1.82) is 0 Å². The molecule has 2 aromatic rings. The molecule has 24 heavy (non-hydrogen) atoms. The Balaban J connectivity index is 2.33. The highest BCUT2D eigenvalue weighted by Crippen LogP contribution is 2.37. The molecule has 2 rings (SSSR count). The van der Waals surface area contributed by atoms with Crippen molar-refractivity contribution in [3.63, 3.8) is 0 Å². The number of hydrogen-bond donors (Lipinski definition) is 1. The van der Waals surface area contributed by atoms with Gasteiger partial charge in [-0.05, 0) is 49.1 Å². The van der Waals surface area contributed by atoms with E-state index in [4.69, 9.17) is 0 Å². The monoisotopic (exact) mass is 335 g/mol. The van der Waals surface area contributed by atoms with Crippen LogP contribution in [0.15, 0.2) is 42.5 Å². The molecule has 0 aliphatic heterocycles. The van der Waals surface area contributed by atoms with E-state index in [0.717, 1.165) is 11.6 Å². The predicted octanol–water partition coefficient (Wildman–Crippen LogP) is 5.78. The van der Waals surface area contributed by atoms with Gasteiger partial charge in [-0.3, -0.25) is 4.79 Å². The van der Waals surface area contributed by atoms with Crippen molar-refractivity contribution in [3.8, 4) is 0 Å². The van der Waals surface area contributed by atoms with E-state index in [-0.39, 0.29) is 17.2 Å². The van der Waals surface area contributed by atoms with Crippen LogP contribution in [-0.2, 0) is 6.18 Å². The quantitative estimate of drug-likeness (QED) is 0.754. The van der Waals surface area contributed by atoms with Gasteiger partial charge in [0.15, 0.2) is 0 Å². The van der Waals surface area contributed by atoms with Gasteiger partial charge in [0.1, 0.15) is 0 Å². The van der Waals surface area contributed by atoms with Gasteiger partial charge >= 0.3 is 6.18 Å². The van der Waals surface area contributed by atoms with Crippen molar-refractivity contribution in [3.05, 3.63) is 64.7 Å². The third-order valence-corrected chi connectivity index (χ3v) is 4.04. The molecule has 0 aromatic heterocycles. The second-order valence-corrected chi connectivity index (χ2v) is 5.93. The number of benzene rings is 2. The van der Waals surface area contributed by atoms with Crippen LogP contribution in [0.3, 0.4) is 0 Å². The second-order valence-electron chi connectivity index (χ2n) is 5.93. The molecule has 2 nitrogen and oxygen atoms in total. The zero-order chi connectivity index (χ0) is 17.9.